The molecular weight excluding hydrogens is 234 g/mol. The Bertz CT molecular complexity index is 347. The lowest BCUT2D eigenvalue weighted by atomic mass is 10.1. The summed E-state index contributed by atoms with van der Waals surface area (Å²) in [7, 11) is 0. The van der Waals surface area contributed by atoms with E-state index in [0.717, 1.165) is 37.4 Å². The highest BCUT2D eigenvalue weighted by Crippen LogP contribution is 2.19. The first-order chi connectivity index (χ1) is 8.31. The third-order valence-corrected chi connectivity index (χ3v) is 3.99. The molecular formula is C12H19N3OS. The molecule has 1 aromatic heterocycles. The third-order valence-electron chi connectivity index (χ3n) is 3.10. The predicted octanol–water partition coefficient (Wildman–Crippen LogP) is 2.79. The Balaban J connectivity index is 1.92. The van der Waals surface area contributed by atoms with E-state index >= 15 is 0 Å². The van der Waals surface area contributed by atoms with Gasteiger partial charge in [0.25, 0.3) is 0 Å². The smallest absolute Gasteiger partial charge is 0.317 e. The van der Waals surface area contributed by atoms with Crippen LogP contribution in [0.3, 0.4) is 0 Å². The summed E-state index contributed by atoms with van der Waals surface area (Å²) in [5.74, 6) is 0. The van der Waals surface area contributed by atoms with Gasteiger partial charge in [-0.1, -0.05) is 6.92 Å². The summed E-state index contributed by atoms with van der Waals surface area (Å²) in [5.41, 5.74) is 0. The van der Waals surface area contributed by atoms with Gasteiger partial charge < -0.3 is 10.2 Å². The summed E-state index contributed by atoms with van der Waals surface area (Å²) in [6.45, 7) is 3.85. The third kappa shape index (κ3) is 3.19. The van der Waals surface area contributed by atoms with Crippen molar-refractivity contribution in [2.75, 3.05) is 13.1 Å². The highest BCUT2D eigenvalue weighted by molar-refractivity contribution is 7.09. The molecule has 0 aromatic carbocycles. The number of hydrogen-bond donors (Lipinski definition) is 1. The fourth-order valence-corrected chi connectivity index (χ4v) is 2.86. The Kier molecular flexibility index (Phi) is 4.36. The van der Waals surface area contributed by atoms with Crippen LogP contribution < -0.4 is 5.32 Å². The van der Waals surface area contributed by atoms with Crippen molar-refractivity contribution >= 4 is 17.4 Å². The van der Waals surface area contributed by atoms with E-state index in [-0.39, 0.29) is 12.1 Å². The van der Waals surface area contributed by atoms with Gasteiger partial charge >= 0.3 is 6.03 Å². The van der Waals surface area contributed by atoms with Gasteiger partial charge in [0.05, 0.1) is 6.04 Å². The van der Waals surface area contributed by atoms with Crippen LogP contribution in [0.4, 0.5) is 4.79 Å². The maximum Gasteiger partial charge on any atom is 0.317 e. The van der Waals surface area contributed by atoms with Gasteiger partial charge in [-0.3, -0.25) is 0 Å². The zero-order chi connectivity index (χ0) is 12.1. The molecule has 1 fully saturated rings. The maximum absolute atomic E-state index is 12.1. The van der Waals surface area contributed by atoms with Gasteiger partial charge in [0.15, 0.2) is 0 Å². The SMILES string of the molecule is CCC(NC(=O)N1CCCCC1)c1nccs1. The summed E-state index contributed by atoms with van der Waals surface area (Å²) in [5, 5.41) is 6.02. The minimum atomic E-state index is 0.0597. The second kappa shape index (κ2) is 6.00. The van der Waals surface area contributed by atoms with Crippen LogP contribution in [0.5, 0.6) is 0 Å². The number of urea groups is 1. The van der Waals surface area contributed by atoms with Crippen LogP contribution in [0.1, 0.15) is 43.7 Å². The molecule has 1 N–H and O–H groups in total. The van der Waals surface area contributed by atoms with E-state index in [1.165, 1.54) is 6.42 Å². The second-order valence-electron chi connectivity index (χ2n) is 4.33. The minimum Gasteiger partial charge on any atom is -0.329 e. The molecule has 0 radical (unpaired) electrons. The van der Waals surface area contributed by atoms with E-state index in [1.54, 1.807) is 17.5 Å². The molecule has 1 aliphatic heterocycles. The number of rotatable bonds is 3. The zero-order valence-electron chi connectivity index (χ0n) is 10.2. The first kappa shape index (κ1) is 12.4. The van der Waals surface area contributed by atoms with Crippen molar-refractivity contribution in [3.05, 3.63) is 16.6 Å². The molecule has 2 rings (SSSR count). The van der Waals surface area contributed by atoms with Gasteiger partial charge in [0.2, 0.25) is 0 Å². The molecule has 1 atom stereocenters. The molecule has 0 saturated carbocycles. The Morgan fingerprint density at radius 1 is 1.53 bits per heavy atom. The number of hydrogen-bond acceptors (Lipinski definition) is 3. The van der Waals surface area contributed by atoms with Crippen LogP contribution >= 0.6 is 11.3 Å². The zero-order valence-corrected chi connectivity index (χ0v) is 11.0. The van der Waals surface area contributed by atoms with Crippen LogP contribution in [0.25, 0.3) is 0 Å². The lowest BCUT2D eigenvalue weighted by Gasteiger charge is -2.28. The summed E-state index contributed by atoms with van der Waals surface area (Å²) in [4.78, 5) is 18.2. The van der Waals surface area contributed by atoms with Crippen LogP contribution in [-0.2, 0) is 0 Å². The molecule has 1 aromatic rings. The number of nitrogens with zero attached hydrogens (tertiary/aromatic N) is 2. The second-order valence-corrected chi connectivity index (χ2v) is 5.25. The first-order valence-electron chi connectivity index (χ1n) is 6.26. The fourth-order valence-electron chi connectivity index (χ4n) is 2.08. The monoisotopic (exact) mass is 253 g/mol. The van der Waals surface area contributed by atoms with E-state index < -0.39 is 0 Å². The van der Waals surface area contributed by atoms with Crippen molar-refractivity contribution < 1.29 is 4.79 Å². The Morgan fingerprint density at radius 3 is 2.88 bits per heavy atom. The molecule has 0 aliphatic carbocycles. The normalized spacial score (nSPS) is 17.8. The highest BCUT2D eigenvalue weighted by atomic mass is 32.1. The summed E-state index contributed by atoms with van der Waals surface area (Å²) in [6, 6.07) is 0.121. The maximum atomic E-state index is 12.1. The highest BCUT2D eigenvalue weighted by Gasteiger charge is 2.20. The van der Waals surface area contributed by atoms with Crippen LogP contribution in [0.2, 0.25) is 0 Å². The quantitative estimate of drug-likeness (QED) is 0.900. The van der Waals surface area contributed by atoms with Crippen LogP contribution in [0, 0.1) is 0 Å². The molecule has 0 spiro atoms. The number of amides is 2. The molecule has 4 nitrogen and oxygen atoms in total. The Morgan fingerprint density at radius 2 is 2.29 bits per heavy atom. The van der Waals surface area contributed by atoms with Gasteiger partial charge in [0.1, 0.15) is 5.01 Å². The topological polar surface area (TPSA) is 45.2 Å². The number of carbonyl (C=O) groups is 1. The molecule has 2 heterocycles. The van der Waals surface area contributed by atoms with Crippen LogP contribution in [0.15, 0.2) is 11.6 Å². The summed E-state index contributed by atoms with van der Waals surface area (Å²) < 4.78 is 0. The lowest BCUT2D eigenvalue weighted by molar-refractivity contribution is 0.182. The molecule has 94 valence electrons. The van der Waals surface area contributed by atoms with Gasteiger partial charge in [-0.25, -0.2) is 9.78 Å². The minimum absolute atomic E-state index is 0.0597. The van der Waals surface area contributed by atoms with Crippen molar-refractivity contribution in [3.8, 4) is 0 Å². The van der Waals surface area contributed by atoms with Gasteiger partial charge in [-0.15, -0.1) is 11.3 Å². The number of piperidine rings is 1. The van der Waals surface area contributed by atoms with Crippen molar-refractivity contribution in [2.24, 2.45) is 0 Å². The number of likely N-dealkylation sites (tertiary alicyclic amines) is 1. The fraction of sp³-hybridized carbons (Fsp3) is 0.667. The number of nitrogens with one attached hydrogen (secondary N) is 1. The van der Waals surface area contributed by atoms with Gasteiger partial charge in [-0.05, 0) is 25.7 Å². The van der Waals surface area contributed by atoms with E-state index in [1.807, 2.05) is 10.3 Å². The van der Waals surface area contributed by atoms with E-state index in [9.17, 15) is 4.79 Å². The summed E-state index contributed by atoms with van der Waals surface area (Å²) in [6.07, 6.45) is 6.17. The molecule has 1 aliphatic rings. The average Bonchev–Trinajstić information content (AvgIpc) is 2.90. The largest absolute Gasteiger partial charge is 0.329 e. The van der Waals surface area contributed by atoms with E-state index in [2.05, 4.69) is 17.2 Å². The molecule has 0 bridgehead atoms. The molecule has 1 unspecified atom stereocenters. The molecule has 17 heavy (non-hydrogen) atoms. The predicted molar refractivity (Wildman–Crippen MR) is 69.1 cm³/mol. The first-order valence-corrected chi connectivity index (χ1v) is 7.14. The van der Waals surface area contributed by atoms with Crippen molar-refractivity contribution in [1.82, 2.24) is 15.2 Å². The standard InChI is InChI=1S/C12H19N3OS/c1-2-10(11-13-6-9-17-11)14-12(16)15-7-4-3-5-8-15/h6,9-10H,2-5,7-8H2,1H3,(H,14,16). The van der Waals surface area contributed by atoms with Gasteiger partial charge in [-0.2, -0.15) is 0 Å². The number of aromatic nitrogens is 1. The van der Waals surface area contributed by atoms with Crippen LogP contribution in [-0.4, -0.2) is 29.0 Å². The Hall–Kier alpha value is -1.10. The summed E-state index contributed by atoms with van der Waals surface area (Å²) >= 11 is 1.60. The lowest BCUT2D eigenvalue weighted by Crippen LogP contribution is -2.44. The number of carbonyl (C=O) groups excluding carboxylic acids is 1. The van der Waals surface area contributed by atoms with Crippen molar-refractivity contribution in [2.45, 2.75) is 38.6 Å². The molecule has 5 heteroatoms. The average molecular weight is 253 g/mol. The Labute approximate surface area is 106 Å². The number of thiazole rings is 1. The van der Waals surface area contributed by atoms with E-state index in [4.69, 9.17) is 0 Å². The van der Waals surface area contributed by atoms with E-state index in [0.29, 0.717) is 0 Å². The molecule has 2 amide bonds. The van der Waals surface area contributed by atoms with Gasteiger partial charge in [0, 0.05) is 24.7 Å². The molecule has 1 saturated heterocycles. The van der Waals surface area contributed by atoms with Crippen molar-refractivity contribution in [3.63, 3.8) is 0 Å². The van der Waals surface area contributed by atoms with Crippen molar-refractivity contribution in [1.29, 1.82) is 0 Å².